The van der Waals surface area contributed by atoms with Crippen molar-refractivity contribution in [1.82, 2.24) is 0 Å². The molecule has 0 spiro atoms. The lowest BCUT2D eigenvalue weighted by molar-refractivity contribution is -0.152. The molecule has 0 aliphatic carbocycles. The molecule has 0 N–H and O–H groups in total. The van der Waals surface area contributed by atoms with Crippen molar-refractivity contribution in [2.75, 3.05) is 20.8 Å². The molecule has 0 radical (unpaired) electrons. The first-order valence-corrected chi connectivity index (χ1v) is 4.66. The standard InChI is InChI=1S/C10H19NO4/c1-10(2,3)15-8(12)6-11-7-9(13-4)14-5/h7,9H,6H2,1-5H3. The number of ether oxygens (including phenoxy) is 3. The van der Waals surface area contributed by atoms with Gasteiger partial charge in [0.25, 0.3) is 0 Å². The Morgan fingerprint density at radius 3 is 2.27 bits per heavy atom. The van der Waals surface area contributed by atoms with E-state index in [1.807, 2.05) is 20.8 Å². The maximum Gasteiger partial charge on any atom is 0.328 e. The molecule has 5 heteroatoms. The van der Waals surface area contributed by atoms with E-state index >= 15 is 0 Å². The monoisotopic (exact) mass is 217 g/mol. The zero-order chi connectivity index (χ0) is 11.9. The fourth-order valence-corrected chi connectivity index (χ4v) is 0.805. The van der Waals surface area contributed by atoms with Crippen molar-refractivity contribution in [3.05, 3.63) is 0 Å². The second-order valence-electron chi connectivity index (χ2n) is 3.92. The van der Waals surface area contributed by atoms with Crippen molar-refractivity contribution in [1.29, 1.82) is 0 Å². The summed E-state index contributed by atoms with van der Waals surface area (Å²) in [5.41, 5.74) is -0.478. The number of esters is 1. The summed E-state index contributed by atoms with van der Waals surface area (Å²) in [4.78, 5) is 15.0. The number of hydrogen-bond acceptors (Lipinski definition) is 5. The van der Waals surface area contributed by atoms with E-state index in [2.05, 4.69) is 4.99 Å². The summed E-state index contributed by atoms with van der Waals surface area (Å²) < 4.78 is 14.8. The minimum atomic E-state index is -0.521. The van der Waals surface area contributed by atoms with Crippen LogP contribution in [0.15, 0.2) is 4.99 Å². The van der Waals surface area contributed by atoms with Gasteiger partial charge in [0.05, 0.1) is 6.21 Å². The minimum absolute atomic E-state index is 0.0273. The maximum atomic E-state index is 11.2. The number of methoxy groups -OCH3 is 2. The van der Waals surface area contributed by atoms with Crippen LogP contribution in [0.25, 0.3) is 0 Å². The highest BCUT2D eigenvalue weighted by Gasteiger charge is 2.15. The Morgan fingerprint density at radius 2 is 1.87 bits per heavy atom. The average molecular weight is 217 g/mol. The molecule has 0 bridgehead atoms. The largest absolute Gasteiger partial charge is 0.459 e. The Balaban J connectivity index is 3.90. The van der Waals surface area contributed by atoms with Crippen molar-refractivity contribution < 1.29 is 19.0 Å². The highest BCUT2D eigenvalue weighted by Crippen LogP contribution is 2.06. The minimum Gasteiger partial charge on any atom is -0.459 e. The summed E-state index contributed by atoms with van der Waals surface area (Å²) in [6.45, 7) is 5.39. The summed E-state index contributed by atoms with van der Waals surface area (Å²) >= 11 is 0. The normalized spacial score (nSPS) is 12.4. The highest BCUT2D eigenvalue weighted by molar-refractivity contribution is 5.75. The Kier molecular flexibility index (Phi) is 6.12. The first kappa shape index (κ1) is 14.1. The fraction of sp³-hybridized carbons (Fsp3) is 0.800. The molecule has 0 aliphatic heterocycles. The van der Waals surface area contributed by atoms with Crippen LogP contribution in [-0.4, -0.2) is 44.8 Å². The van der Waals surface area contributed by atoms with Crippen molar-refractivity contribution in [3.63, 3.8) is 0 Å². The van der Waals surface area contributed by atoms with Crippen molar-refractivity contribution in [2.24, 2.45) is 4.99 Å². The van der Waals surface area contributed by atoms with Gasteiger partial charge in [0.15, 0.2) is 6.29 Å². The van der Waals surface area contributed by atoms with E-state index in [9.17, 15) is 4.79 Å². The van der Waals surface area contributed by atoms with E-state index < -0.39 is 11.9 Å². The van der Waals surface area contributed by atoms with E-state index in [0.717, 1.165) is 0 Å². The van der Waals surface area contributed by atoms with E-state index in [-0.39, 0.29) is 12.5 Å². The average Bonchev–Trinajstić information content (AvgIpc) is 2.09. The number of rotatable bonds is 5. The van der Waals surface area contributed by atoms with Gasteiger partial charge >= 0.3 is 5.97 Å². The summed E-state index contributed by atoms with van der Waals surface area (Å²) in [5, 5.41) is 0. The van der Waals surface area contributed by atoms with E-state index in [1.165, 1.54) is 20.4 Å². The fourth-order valence-electron chi connectivity index (χ4n) is 0.805. The zero-order valence-corrected chi connectivity index (χ0v) is 9.94. The van der Waals surface area contributed by atoms with Crippen LogP contribution in [0.2, 0.25) is 0 Å². The van der Waals surface area contributed by atoms with Gasteiger partial charge in [0.2, 0.25) is 0 Å². The Hall–Kier alpha value is -0.940. The van der Waals surface area contributed by atoms with E-state index in [0.29, 0.717) is 0 Å². The number of aliphatic imine (C=N–C) groups is 1. The van der Waals surface area contributed by atoms with Crippen LogP contribution in [-0.2, 0) is 19.0 Å². The second-order valence-corrected chi connectivity index (χ2v) is 3.92. The third-order valence-corrected chi connectivity index (χ3v) is 1.33. The SMILES string of the molecule is COC(C=NCC(=O)OC(C)(C)C)OC. The van der Waals surface area contributed by atoms with Crippen LogP contribution in [0.5, 0.6) is 0 Å². The number of hydrogen-bond donors (Lipinski definition) is 0. The lowest BCUT2D eigenvalue weighted by Crippen LogP contribution is -2.25. The van der Waals surface area contributed by atoms with Crippen molar-refractivity contribution in [3.8, 4) is 0 Å². The highest BCUT2D eigenvalue weighted by atomic mass is 16.7. The van der Waals surface area contributed by atoms with Crippen LogP contribution in [0, 0.1) is 0 Å². The first-order valence-electron chi connectivity index (χ1n) is 4.66. The van der Waals surface area contributed by atoms with E-state index in [1.54, 1.807) is 0 Å². The van der Waals surface area contributed by atoms with Crippen LogP contribution >= 0.6 is 0 Å². The molecular formula is C10H19NO4. The predicted molar refractivity (Wildman–Crippen MR) is 57.0 cm³/mol. The summed E-state index contributed by atoms with van der Waals surface area (Å²) in [6.07, 6.45) is 0.900. The lowest BCUT2D eigenvalue weighted by Gasteiger charge is -2.18. The lowest BCUT2D eigenvalue weighted by atomic mass is 10.2. The molecule has 5 nitrogen and oxygen atoms in total. The molecule has 88 valence electrons. The van der Waals surface area contributed by atoms with Crippen molar-refractivity contribution >= 4 is 12.2 Å². The molecule has 0 heterocycles. The molecular weight excluding hydrogens is 198 g/mol. The molecule has 0 aromatic heterocycles. The van der Waals surface area contributed by atoms with Gasteiger partial charge in [-0.15, -0.1) is 0 Å². The van der Waals surface area contributed by atoms with Gasteiger partial charge in [-0.3, -0.25) is 9.79 Å². The molecule has 0 aromatic carbocycles. The Labute approximate surface area is 90.4 Å². The Morgan fingerprint density at radius 1 is 1.33 bits per heavy atom. The molecule has 0 atom stereocenters. The third-order valence-electron chi connectivity index (χ3n) is 1.33. The molecule has 0 unspecified atom stereocenters. The number of carbonyl (C=O) groups is 1. The van der Waals surface area contributed by atoms with E-state index in [4.69, 9.17) is 14.2 Å². The van der Waals surface area contributed by atoms with Crippen LogP contribution in [0.1, 0.15) is 20.8 Å². The molecule has 0 rings (SSSR count). The predicted octanol–water partition coefficient (Wildman–Crippen LogP) is 1.02. The smallest absolute Gasteiger partial charge is 0.328 e. The maximum absolute atomic E-state index is 11.2. The molecule has 0 fully saturated rings. The van der Waals surface area contributed by atoms with Crippen molar-refractivity contribution in [2.45, 2.75) is 32.7 Å². The van der Waals surface area contributed by atoms with Gasteiger partial charge in [0, 0.05) is 14.2 Å². The van der Waals surface area contributed by atoms with Gasteiger partial charge < -0.3 is 14.2 Å². The quantitative estimate of drug-likeness (QED) is 0.392. The Bertz CT molecular complexity index is 216. The molecule has 0 aromatic rings. The molecule has 0 aliphatic rings. The third kappa shape index (κ3) is 8.08. The van der Waals surface area contributed by atoms with Gasteiger partial charge in [0.1, 0.15) is 12.1 Å². The molecule has 0 amide bonds. The van der Waals surface area contributed by atoms with Gasteiger partial charge in [-0.2, -0.15) is 0 Å². The van der Waals surface area contributed by atoms with Gasteiger partial charge in [-0.05, 0) is 20.8 Å². The zero-order valence-electron chi connectivity index (χ0n) is 9.94. The van der Waals surface area contributed by atoms with Gasteiger partial charge in [-0.25, -0.2) is 0 Å². The molecule has 15 heavy (non-hydrogen) atoms. The summed E-state index contributed by atoms with van der Waals surface area (Å²) in [6, 6.07) is 0. The first-order chi connectivity index (χ1) is 6.89. The molecule has 0 saturated heterocycles. The topological polar surface area (TPSA) is 57.1 Å². The number of nitrogens with zero attached hydrogens (tertiary/aromatic N) is 1. The summed E-state index contributed by atoms with van der Waals surface area (Å²) in [5.74, 6) is -0.371. The van der Waals surface area contributed by atoms with Gasteiger partial charge in [-0.1, -0.05) is 0 Å². The second kappa shape index (κ2) is 6.53. The van der Waals surface area contributed by atoms with Crippen LogP contribution in [0.3, 0.4) is 0 Å². The summed E-state index contributed by atoms with van der Waals surface area (Å²) in [7, 11) is 2.99. The number of carbonyl (C=O) groups excluding carboxylic acids is 1. The van der Waals surface area contributed by atoms with Crippen LogP contribution < -0.4 is 0 Å². The van der Waals surface area contributed by atoms with Crippen LogP contribution in [0.4, 0.5) is 0 Å². The molecule has 0 saturated carbocycles.